The van der Waals surface area contributed by atoms with Crippen LogP contribution in [0.4, 0.5) is 5.69 Å². The highest BCUT2D eigenvalue weighted by atomic mass is 16.6. The molecule has 4 N–H and O–H groups in total. The quantitative estimate of drug-likeness (QED) is 0.236. The van der Waals surface area contributed by atoms with Crippen LogP contribution in [0, 0.1) is 20.9 Å². The molecule has 11 heteroatoms. The molecule has 1 aliphatic carbocycles. The third-order valence-corrected chi connectivity index (χ3v) is 7.40. The average Bonchev–Trinajstić information content (AvgIpc) is 3.32. The minimum absolute atomic E-state index is 0.00595. The van der Waals surface area contributed by atoms with Crippen LogP contribution in [0.25, 0.3) is 11.0 Å². The molecule has 35 heavy (non-hydrogen) atoms. The van der Waals surface area contributed by atoms with Crippen molar-refractivity contribution in [1.82, 2.24) is 15.4 Å². The zero-order valence-corrected chi connectivity index (χ0v) is 19.4. The fourth-order valence-electron chi connectivity index (χ4n) is 4.81. The summed E-state index contributed by atoms with van der Waals surface area (Å²) in [5, 5.41) is 34.4. The number of aromatic hydroxyl groups is 1. The number of H-pyrrole nitrogens is 1. The number of carboxylic acids is 1. The Morgan fingerprint density at radius 3 is 2.66 bits per heavy atom. The maximum absolute atomic E-state index is 13.2. The van der Waals surface area contributed by atoms with Crippen LogP contribution in [0.5, 0.6) is 5.75 Å². The molecule has 11 nitrogen and oxygen atoms in total. The predicted octanol–water partition coefficient (Wildman–Crippen LogP) is 3.94. The van der Waals surface area contributed by atoms with E-state index < -0.39 is 38.7 Å². The number of hydrazone groups is 1. The summed E-state index contributed by atoms with van der Waals surface area (Å²) in [5.41, 5.74) is 1.58. The first-order valence-corrected chi connectivity index (χ1v) is 11.0. The number of carbonyl (C=O) groups excluding carboxylic acids is 1. The molecule has 0 saturated heterocycles. The largest absolute Gasteiger partial charge is 0.506 e. The number of para-hydroxylation sites is 2. The molecule has 0 unspecified atom stereocenters. The molecular weight excluding hydrogens is 454 g/mol. The molecule has 1 aliphatic rings. The van der Waals surface area contributed by atoms with E-state index in [0.29, 0.717) is 6.42 Å². The maximum Gasteiger partial charge on any atom is 0.339 e. The smallest absolute Gasteiger partial charge is 0.339 e. The minimum Gasteiger partial charge on any atom is -0.506 e. The lowest BCUT2D eigenvalue weighted by atomic mass is 9.65. The summed E-state index contributed by atoms with van der Waals surface area (Å²) in [7, 11) is 0. The van der Waals surface area contributed by atoms with Crippen molar-refractivity contribution in [3.05, 3.63) is 63.5 Å². The Morgan fingerprint density at radius 2 is 2.00 bits per heavy atom. The van der Waals surface area contributed by atoms with Crippen LogP contribution in [-0.4, -0.2) is 43.2 Å². The normalized spacial score (nSPS) is 21.4. The summed E-state index contributed by atoms with van der Waals surface area (Å²) < 4.78 is 0. The molecule has 1 amide bonds. The first-order chi connectivity index (χ1) is 16.5. The number of amides is 1. The molecule has 2 aromatic carbocycles. The number of non-ortho nitro benzene ring substituents is 1. The van der Waals surface area contributed by atoms with Gasteiger partial charge in [0.2, 0.25) is 5.91 Å². The van der Waals surface area contributed by atoms with Crippen LogP contribution >= 0.6 is 0 Å². The molecule has 2 atom stereocenters. The lowest BCUT2D eigenvalue weighted by Crippen LogP contribution is -2.45. The van der Waals surface area contributed by atoms with Crippen molar-refractivity contribution in [2.45, 2.75) is 39.5 Å². The van der Waals surface area contributed by atoms with Gasteiger partial charge in [0, 0.05) is 23.6 Å². The summed E-state index contributed by atoms with van der Waals surface area (Å²) in [6, 6.07) is 9.47. The summed E-state index contributed by atoms with van der Waals surface area (Å²) in [4.78, 5) is 43.0. The first kappa shape index (κ1) is 23.9. The zero-order chi connectivity index (χ0) is 25.5. The van der Waals surface area contributed by atoms with E-state index in [1.165, 1.54) is 0 Å². The van der Waals surface area contributed by atoms with Crippen LogP contribution in [0.2, 0.25) is 0 Å². The number of nitro groups is 1. The Balaban J connectivity index is 1.56. The van der Waals surface area contributed by atoms with Gasteiger partial charge in [0.15, 0.2) is 0 Å². The lowest BCUT2D eigenvalue weighted by Gasteiger charge is -2.39. The number of phenols is 1. The van der Waals surface area contributed by atoms with Gasteiger partial charge in [-0.15, -0.1) is 0 Å². The van der Waals surface area contributed by atoms with Gasteiger partial charge in [-0.05, 0) is 30.4 Å². The number of aromatic carboxylic acids is 1. The van der Waals surface area contributed by atoms with E-state index in [9.17, 15) is 29.9 Å². The van der Waals surface area contributed by atoms with Crippen molar-refractivity contribution in [2.75, 3.05) is 0 Å². The Labute approximate surface area is 200 Å². The number of benzene rings is 2. The molecule has 1 saturated carbocycles. The highest BCUT2D eigenvalue weighted by molar-refractivity contribution is 5.97. The van der Waals surface area contributed by atoms with E-state index in [-0.39, 0.29) is 17.4 Å². The number of carboxylic acid groups (broad SMARTS) is 1. The van der Waals surface area contributed by atoms with Gasteiger partial charge in [0.05, 0.1) is 27.6 Å². The van der Waals surface area contributed by atoms with Gasteiger partial charge < -0.3 is 15.2 Å². The van der Waals surface area contributed by atoms with Crippen molar-refractivity contribution >= 4 is 34.8 Å². The molecule has 1 heterocycles. The number of fused-ring (bicyclic) bond motifs is 1. The molecule has 1 fully saturated rings. The molecule has 4 rings (SSSR count). The number of nitrogens with zero attached hydrogens (tertiary/aromatic N) is 3. The van der Waals surface area contributed by atoms with Gasteiger partial charge in [0.25, 0.3) is 5.69 Å². The number of hydrogen-bond donors (Lipinski definition) is 4. The molecule has 1 aromatic heterocycles. The van der Waals surface area contributed by atoms with Gasteiger partial charge in [-0.2, -0.15) is 5.10 Å². The van der Waals surface area contributed by atoms with Crippen LogP contribution in [0.1, 0.15) is 61.3 Å². The molecule has 0 aliphatic heterocycles. The monoisotopic (exact) mass is 479 g/mol. The topological polar surface area (TPSA) is 171 Å². The Kier molecular flexibility index (Phi) is 5.79. The number of nitro benzene ring substituents is 1. The van der Waals surface area contributed by atoms with E-state index >= 15 is 0 Å². The molecular formula is C24H25N5O6. The number of aromatic amines is 1. The lowest BCUT2D eigenvalue weighted by molar-refractivity contribution is -0.384. The van der Waals surface area contributed by atoms with Crippen molar-refractivity contribution in [3.8, 4) is 5.75 Å². The Morgan fingerprint density at radius 1 is 1.29 bits per heavy atom. The SMILES string of the molecule is CC1(C)[C@H](c2nc3ccccc3[nH]2)CC[C@]1(C)C(=O)N/N=C/c1cc([N+](=O)[O-])cc(C(=O)O)c1O. The first-order valence-electron chi connectivity index (χ1n) is 11.0. The van der Waals surface area contributed by atoms with Crippen molar-refractivity contribution in [2.24, 2.45) is 15.9 Å². The van der Waals surface area contributed by atoms with Crippen molar-refractivity contribution < 1.29 is 24.7 Å². The Bertz CT molecular complexity index is 1340. The number of nitrogens with one attached hydrogen (secondary N) is 2. The zero-order valence-electron chi connectivity index (χ0n) is 19.4. The Hall–Kier alpha value is -4.28. The van der Waals surface area contributed by atoms with E-state index in [4.69, 9.17) is 4.98 Å². The van der Waals surface area contributed by atoms with Crippen LogP contribution in [0.3, 0.4) is 0 Å². The highest BCUT2D eigenvalue weighted by Gasteiger charge is 2.57. The number of hydrogen-bond acceptors (Lipinski definition) is 7. The summed E-state index contributed by atoms with van der Waals surface area (Å²) in [5.74, 6) is -1.76. The minimum atomic E-state index is -1.53. The van der Waals surface area contributed by atoms with Crippen LogP contribution < -0.4 is 5.43 Å². The standard InChI is InChI=1S/C24H25N5O6/c1-23(2)16(20-26-17-6-4-5-7-18(17)27-20)8-9-24(23,3)22(33)28-25-12-13-10-14(29(34)35)11-15(19(13)30)21(31)32/h4-7,10-12,16,30H,8-9H2,1-3H3,(H,26,27)(H,28,33)(H,31,32)/b25-12+/t16-,24+/m0/s1. The molecule has 0 spiro atoms. The maximum atomic E-state index is 13.2. The van der Waals surface area contributed by atoms with Crippen LogP contribution in [0.15, 0.2) is 41.5 Å². The highest BCUT2D eigenvalue weighted by Crippen LogP contribution is 2.59. The summed E-state index contributed by atoms with van der Waals surface area (Å²) in [6.45, 7) is 5.87. The molecule has 0 bridgehead atoms. The third-order valence-electron chi connectivity index (χ3n) is 7.40. The van der Waals surface area contributed by atoms with E-state index in [1.54, 1.807) is 0 Å². The van der Waals surface area contributed by atoms with Gasteiger partial charge in [-0.3, -0.25) is 14.9 Å². The predicted molar refractivity (Wildman–Crippen MR) is 127 cm³/mol. The number of aromatic nitrogens is 2. The molecule has 0 radical (unpaired) electrons. The number of carbonyl (C=O) groups is 2. The second-order valence-corrected chi connectivity index (χ2v) is 9.48. The number of rotatable bonds is 6. The average molecular weight is 479 g/mol. The van der Waals surface area contributed by atoms with Gasteiger partial charge in [-0.1, -0.05) is 32.9 Å². The summed E-state index contributed by atoms with van der Waals surface area (Å²) in [6.07, 6.45) is 2.30. The van der Waals surface area contributed by atoms with Gasteiger partial charge >= 0.3 is 5.97 Å². The third kappa shape index (κ3) is 3.98. The van der Waals surface area contributed by atoms with Crippen molar-refractivity contribution in [1.29, 1.82) is 0 Å². The van der Waals surface area contributed by atoms with Crippen molar-refractivity contribution in [3.63, 3.8) is 0 Å². The molecule has 182 valence electrons. The van der Waals surface area contributed by atoms with E-state index in [1.807, 2.05) is 45.0 Å². The second-order valence-electron chi connectivity index (χ2n) is 9.48. The fourth-order valence-corrected chi connectivity index (χ4v) is 4.81. The van der Waals surface area contributed by atoms with E-state index in [2.05, 4.69) is 15.5 Å². The summed E-state index contributed by atoms with van der Waals surface area (Å²) >= 11 is 0. The number of imidazole rings is 1. The fraction of sp³-hybridized carbons (Fsp3) is 0.333. The molecule has 3 aromatic rings. The van der Waals surface area contributed by atoms with E-state index in [0.717, 1.165) is 41.6 Å². The van der Waals surface area contributed by atoms with Crippen LogP contribution in [-0.2, 0) is 4.79 Å². The van der Waals surface area contributed by atoms with Gasteiger partial charge in [-0.25, -0.2) is 15.2 Å². The van der Waals surface area contributed by atoms with Gasteiger partial charge in [0.1, 0.15) is 17.1 Å². The second kappa shape index (κ2) is 8.49.